The fourth-order valence-electron chi connectivity index (χ4n) is 3.70. The van der Waals surface area contributed by atoms with Gasteiger partial charge in [-0.3, -0.25) is 9.59 Å². The molecule has 25 heavy (non-hydrogen) atoms. The lowest BCUT2D eigenvalue weighted by Crippen LogP contribution is -2.37. The minimum Gasteiger partial charge on any atom is -0.375 e. The van der Waals surface area contributed by atoms with E-state index in [0.29, 0.717) is 25.3 Å². The summed E-state index contributed by atoms with van der Waals surface area (Å²) in [6.45, 7) is 1.54. The van der Waals surface area contributed by atoms with Gasteiger partial charge in [0.2, 0.25) is 5.91 Å². The minimum atomic E-state index is -0.305. The molecule has 4 rings (SSSR count). The fraction of sp³-hybridized carbons (Fsp3) is 0.368. The third kappa shape index (κ3) is 3.19. The second kappa shape index (κ2) is 6.98. The average Bonchev–Trinajstić information content (AvgIpc) is 3.37. The van der Waals surface area contributed by atoms with E-state index in [1.165, 1.54) is 0 Å². The van der Waals surface area contributed by atoms with Gasteiger partial charge in [0.25, 0.3) is 5.91 Å². The smallest absolute Gasteiger partial charge is 0.254 e. The molecule has 0 unspecified atom stereocenters. The third-order valence-corrected chi connectivity index (χ3v) is 5.81. The average molecular weight is 356 g/mol. The Bertz CT molecular complexity index is 747. The minimum absolute atomic E-state index is 0.00908. The van der Waals surface area contributed by atoms with Gasteiger partial charge in [0, 0.05) is 23.6 Å². The summed E-state index contributed by atoms with van der Waals surface area (Å²) >= 11 is 1.62. The Morgan fingerprint density at radius 3 is 2.80 bits per heavy atom. The van der Waals surface area contributed by atoms with Crippen LogP contribution in [0, 0.1) is 5.92 Å². The number of carbonyl (C=O) groups excluding carboxylic acids is 2. The largest absolute Gasteiger partial charge is 0.375 e. The Balaban J connectivity index is 1.47. The number of amides is 2. The van der Waals surface area contributed by atoms with Crippen LogP contribution < -0.4 is 5.32 Å². The summed E-state index contributed by atoms with van der Waals surface area (Å²) in [6, 6.07) is 13.2. The van der Waals surface area contributed by atoms with Gasteiger partial charge in [-0.15, -0.1) is 11.3 Å². The highest BCUT2D eigenvalue weighted by atomic mass is 32.1. The molecule has 5 nitrogen and oxygen atoms in total. The van der Waals surface area contributed by atoms with Crippen molar-refractivity contribution in [1.29, 1.82) is 0 Å². The second-order valence-corrected chi connectivity index (χ2v) is 7.45. The van der Waals surface area contributed by atoms with E-state index in [1.54, 1.807) is 11.3 Å². The van der Waals surface area contributed by atoms with Crippen molar-refractivity contribution in [3.63, 3.8) is 0 Å². The van der Waals surface area contributed by atoms with E-state index in [1.807, 2.05) is 52.7 Å². The van der Waals surface area contributed by atoms with E-state index in [2.05, 4.69) is 5.32 Å². The topological polar surface area (TPSA) is 58.6 Å². The fourth-order valence-corrected chi connectivity index (χ4v) is 4.34. The molecule has 0 bridgehead atoms. The Kier molecular flexibility index (Phi) is 4.55. The molecule has 2 fully saturated rings. The normalized spacial score (nSPS) is 25.0. The molecular formula is C19H20N2O3S. The van der Waals surface area contributed by atoms with Crippen LogP contribution in [0.25, 0.3) is 0 Å². The van der Waals surface area contributed by atoms with Crippen LogP contribution in [0.15, 0.2) is 47.8 Å². The highest BCUT2D eigenvalue weighted by Crippen LogP contribution is 2.34. The lowest BCUT2D eigenvalue weighted by molar-refractivity contribution is -0.127. The van der Waals surface area contributed by atoms with Gasteiger partial charge in [0.15, 0.2) is 0 Å². The summed E-state index contributed by atoms with van der Waals surface area (Å²) < 4.78 is 5.81. The van der Waals surface area contributed by atoms with Crippen molar-refractivity contribution in [1.82, 2.24) is 10.2 Å². The number of fused-ring (bicyclic) bond motifs is 1. The number of nitrogens with one attached hydrogen (secondary N) is 1. The van der Waals surface area contributed by atoms with Gasteiger partial charge in [-0.1, -0.05) is 24.3 Å². The number of nitrogens with zero attached hydrogens (tertiary/aromatic N) is 1. The van der Waals surface area contributed by atoms with E-state index in [0.717, 1.165) is 11.3 Å². The zero-order chi connectivity index (χ0) is 17.2. The predicted octanol–water partition coefficient (Wildman–Crippen LogP) is 2.29. The first-order valence-corrected chi connectivity index (χ1v) is 9.40. The van der Waals surface area contributed by atoms with Gasteiger partial charge < -0.3 is 15.0 Å². The van der Waals surface area contributed by atoms with Crippen molar-refractivity contribution in [3.05, 3.63) is 58.3 Å². The van der Waals surface area contributed by atoms with Crippen molar-refractivity contribution in [3.8, 4) is 0 Å². The molecule has 1 N–H and O–H groups in total. The van der Waals surface area contributed by atoms with Crippen LogP contribution in [0.3, 0.4) is 0 Å². The molecule has 1 aromatic carbocycles. The van der Waals surface area contributed by atoms with E-state index >= 15 is 0 Å². The highest BCUT2D eigenvalue weighted by Gasteiger charge is 2.50. The van der Waals surface area contributed by atoms with Gasteiger partial charge in [0.1, 0.15) is 0 Å². The summed E-state index contributed by atoms with van der Waals surface area (Å²) in [6.07, 6.45) is 0.591. The van der Waals surface area contributed by atoms with Crippen LogP contribution in [-0.4, -0.2) is 42.0 Å². The van der Waals surface area contributed by atoms with Gasteiger partial charge in [0.05, 0.1) is 24.6 Å². The SMILES string of the molecule is O=C(NCc1cccs1)[C@@H]1CN(C(=O)c2ccccc2)[C@H]2CCO[C@H]12. The predicted molar refractivity (Wildman–Crippen MR) is 95.3 cm³/mol. The Morgan fingerprint density at radius 1 is 1.20 bits per heavy atom. The van der Waals surface area contributed by atoms with Crippen molar-refractivity contribution < 1.29 is 14.3 Å². The number of carbonyl (C=O) groups is 2. The zero-order valence-corrected chi connectivity index (χ0v) is 14.6. The maximum absolute atomic E-state index is 12.8. The lowest BCUT2D eigenvalue weighted by atomic mass is 10.0. The first-order valence-electron chi connectivity index (χ1n) is 8.52. The molecule has 6 heteroatoms. The number of benzene rings is 1. The van der Waals surface area contributed by atoms with Crippen LogP contribution in [-0.2, 0) is 16.1 Å². The van der Waals surface area contributed by atoms with Crippen LogP contribution in [0.1, 0.15) is 21.7 Å². The number of likely N-dealkylation sites (tertiary alicyclic amines) is 1. The first-order chi connectivity index (χ1) is 12.2. The maximum atomic E-state index is 12.8. The standard InChI is InChI=1S/C19H20N2O3S/c22-18(20-11-14-7-4-10-25-14)15-12-21(16-8-9-24-17(15)16)19(23)13-5-2-1-3-6-13/h1-7,10,15-17H,8-9,11-12H2,(H,20,22)/t15-,16+,17-/m1/s1. The van der Waals surface area contributed by atoms with Crippen LogP contribution in [0.5, 0.6) is 0 Å². The highest BCUT2D eigenvalue weighted by molar-refractivity contribution is 7.09. The number of hydrogen-bond acceptors (Lipinski definition) is 4. The van der Waals surface area contributed by atoms with Crippen molar-refractivity contribution in [2.24, 2.45) is 5.92 Å². The summed E-state index contributed by atoms with van der Waals surface area (Å²) in [5, 5.41) is 4.99. The summed E-state index contributed by atoms with van der Waals surface area (Å²) in [4.78, 5) is 28.4. The molecule has 3 heterocycles. The number of rotatable bonds is 4. The summed E-state index contributed by atoms with van der Waals surface area (Å²) in [7, 11) is 0. The van der Waals surface area contributed by atoms with Gasteiger partial charge >= 0.3 is 0 Å². The van der Waals surface area contributed by atoms with Crippen molar-refractivity contribution in [2.75, 3.05) is 13.2 Å². The second-order valence-electron chi connectivity index (χ2n) is 6.42. The molecule has 0 radical (unpaired) electrons. The van der Waals surface area contributed by atoms with E-state index in [-0.39, 0.29) is 29.9 Å². The first kappa shape index (κ1) is 16.3. The quantitative estimate of drug-likeness (QED) is 0.914. The molecule has 2 aliphatic rings. The monoisotopic (exact) mass is 356 g/mol. The van der Waals surface area contributed by atoms with E-state index in [9.17, 15) is 9.59 Å². The Hall–Kier alpha value is -2.18. The molecule has 2 saturated heterocycles. The van der Waals surface area contributed by atoms with E-state index < -0.39 is 0 Å². The van der Waals surface area contributed by atoms with Crippen molar-refractivity contribution >= 4 is 23.2 Å². The molecule has 2 amide bonds. The molecule has 130 valence electrons. The summed E-state index contributed by atoms with van der Waals surface area (Å²) in [5.74, 6) is -0.358. The molecule has 2 aromatic rings. The van der Waals surface area contributed by atoms with Crippen LogP contribution >= 0.6 is 11.3 Å². The molecule has 1 aromatic heterocycles. The third-order valence-electron chi connectivity index (χ3n) is 4.93. The van der Waals surface area contributed by atoms with Crippen LogP contribution in [0.2, 0.25) is 0 Å². The summed E-state index contributed by atoms with van der Waals surface area (Å²) in [5.41, 5.74) is 0.660. The number of thiophene rings is 1. The zero-order valence-electron chi connectivity index (χ0n) is 13.8. The maximum Gasteiger partial charge on any atom is 0.254 e. The number of ether oxygens (including phenoxy) is 1. The Morgan fingerprint density at radius 2 is 2.04 bits per heavy atom. The van der Waals surface area contributed by atoms with Gasteiger partial charge in [-0.25, -0.2) is 0 Å². The molecule has 3 atom stereocenters. The van der Waals surface area contributed by atoms with Gasteiger partial charge in [-0.05, 0) is 30.0 Å². The van der Waals surface area contributed by atoms with Gasteiger partial charge in [-0.2, -0.15) is 0 Å². The Labute approximate surface area is 150 Å². The molecule has 0 aliphatic carbocycles. The molecular weight excluding hydrogens is 336 g/mol. The molecule has 2 aliphatic heterocycles. The molecule has 0 spiro atoms. The lowest BCUT2D eigenvalue weighted by Gasteiger charge is -2.22. The van der Waals surface area contributed by atoms with E-state index in [4.69, 9.17) is 4.74 Å². The van der Waals surface area contributed by atoms with Crippen LogP contribution in [0.4, 0.5) is 0 Å². The molecule has 0 saturated carbocycles. The number of hydrogen-bond donors (Lipinski definition) is 1. The van der Waals surface area contributed by atoms with Crippen molar-refractivity contribution in [2.45, 2.75) is 25.1 Å².